The summed E-state index contributed by atoms with van der Waals surface area (Å²) >= 11 is 0. The predicted octanol–water partition coefficient (Wildman–Crippen LogP) is 2.48. The molecule has 0 radical (unpaired) electrons. The van der Waals surface area contributed by atoms with Gasteiger partial charge >= 0.3 is 0 Å². The number of ether oxygens (including phenoxy) is 1. The summed E-state index contributed by atoms with van der Waals surface area (Å²) in [5, 5.41) is 2.89. The lowest BCUT2D eigenvalue weighted by Gasteiger charge is -2.31. The number of benzene rings is 1. The van der Waals surface area contributed by atoms with Gasteiger partial charge in [-0.05, 0) is 45.4 Å². The van der Waals surface area contributed by atoms with Gasteiger partial charge in [-0.25, -0.2) is 0 Å². The largest absolute Gasteiger partial charge is 0.494 e. The van der Waals surface area contributed by atoms with Crippen LogP contribution >= 0.6 is 0 Å². The summed E-state index contributed by atoms with van der Waals surface area (Å²) < 4.78 is 5.23. The van der Waals surface area contributed by atoms with E-state index in [1.807, 2.05) is 0 Å². The van der Waals surface area contributed by atoms with Gasteiger partial charge in [0.25, 0.3) is 0 Å². The van der Waals surface area contributed by atoms with Gasteiger partial charge in [0.2, 0.25) is 5.91 Å². The van der Waals surface area contributed by atoms with Crippen molar-refractivity contribution in [2.75, 3.05) is 31.2 Å². The number of anilines is 2. The number of nitrogens with zero attached hydrogens (tertiary/aromatic N) is 1. The Balaban J connectivity index is 1.90. The van der Waals surface area contributed by atoms with Gasteiger partial charge in [0.1, 0.15) is 5.75 Å². The van der Waals surface area contributed by atoms with Crippen molar-refractivity contribution < 1.29 is 9.53 Å². The van der Waals surface area contributed by atoms with Crippen LogP contribution in [0.2, 0.25) is 0 Å². The van der Waals surface area contributed by atoms with Crippen molar-refractivity contribution in [2.45, 2.75) is 38.6 Å². The lowest BCUT2D eigenvalue weighted by atomic mass is 10.0. The van der Waals surface area contributed by atoms with Crippen LogP contribution in [0.25, 0.3) is 0 Å². The van der Waals surface area contributed by atoms with Crippen LogP contribution in [0.15, 0.2) is 18.2 Å². The zero-order valence-electron chi connectivity index (χ0n) is 13.1. The Morgan fingerprint density at radius 1 is 1.48 bits per heavy atom. The monoisotopic (exact) mass is 291 g/mol. The molecular weight excluding hydrogens is 266 g/mol. The van der Waals surface area contributed by atoms with E-state index < -0.39 is 0 Å². The number of carbonyl (C=O) groups excluding carboxylic acids is 1. The third kappa shape index (κ3) is 3.88. The first-order chi connectivity index (χ1) is 9.92. The van der Waals surface area contributed by atoms with Crippen LogP contribution in [0.5, 0.6) is 5.75 Å². The zero-order valence-corrected chi connectivity index (χ0v) is 13.1. The van der Waals surface area contributed by atoms with Crippen molar-refractivity contribution >= 4 is 17.3 Å². The molecule has 0 saturated carbocycles. The molecule has 2 rings (SSSR count). The Labute approximate surface area is 126 Å². The fraction of sp³-hybridized carbons (Fsp3) is 0.562. The number of hydrogen-bond donors (Lipinski definition) is 2. The van der Waals surface area contributed by atoms with Crippen molar-refractivity contribution in [3.05, 3.63) is 18.2 Å². The normalized spacial score (nSPS) is 17.7. The average molecular weight is 291 g/mol. The molecule has 0 aromatic heterocycles. The number of carbonyl (C=O) groups is 1. The Hall–Kier alpha value is -1.75. The summed E-state index contributed by atoms with van der Waals surface area (Å²) in [6, 6.07) is 5.23. The SMILES string of the molecule is COc1cc(N)ccc1NC(=O)CCN1CCCC1(C)C. The van der Waals surface area contributed by atoms with Gasteiger partial charge in [-0.15, -0.1) is 0 Å². The maximum absolute atomic E-state index is 12.1. The minimum atomic E-state index is 0.000714. The second-order valence-electron chi connectivity index (χ2n) is 6.16. The van der Waals surface area contributed by atoms with E-state index >= 15 is 0 Å². The van der Waals surface area contributed by atoms with E-state index in [0.717, 1.165) is 13.1 Å². The first kappa shape index (κ1) is 15.6. The molecule has 1 saturated heterocycles. The van der Waals surface area contributed by atoms with E-state index in [4.69, 9.17) is 10.5 Å². The van der Waals surface area contributed by atoms with Crippen molar-refractivity contribution in [1.29, 1.82) is 0 Å². The van der Waals surface area contributed by atoms with Gasteiger partial charge < -0.3 is 15.8 Å². The minimum absolute atomic E-state index is 0.000714. The Morgan fingerprint density at radius 2 is 2.24 bits per heavy atom. The number of nitrogens with one attached hydrogen (secondary N) is 1. The molecule has 1 amide bonds. The number of hydrogen-bond acceptors (Lipinski definition) is 4. The molecule has 0 spiro atoms. The van der Waals surface area contributed by atoms with E-state index in [2.05, 4.69) is 24.1 Å². The fourth-order valence-electron chi connectivity index (χ4n) is 2.84. The maximum atomic E-state index is 12.1. The second kappa shape index (κ2) is 6.35. The number of nitrogens with two attached hydrogens (primary N) is 1. The molecule has 1 heterocycles. The molecular formula is C16H25N3O2. The van der Waals surface area contributed by atoms with Crippen LogP contribution in [0.3, 0.4) is 0 Å². The fourth-order valence-corrected chi connectivity index (χ4v) is 2.84. The Bertz CT molecular complexity index is 514. The predicted molar refractivity (Wildman–Crippen MR) is 85.5 cm³/mol. The van der Waals surface area contributed by atoms with E-state index in [0.29, 0.717) is 23.5 Å². The number of methoxy groups -OCH3 is 1. The van der Waals surface area contributed by atoms with Crippen molar-refractivity contribution in [3.63, 3.8) is 0 Å². The number of likely N-dealkylation sites (tertiary alicyclic amines) is 1. The highest BCUT2D eigenvalue weighted by atomic mass is 16.5. The summed E-state index contributed by atoms with van der Waals surface area (Å²) in [4.78, 5) is 14.5. The summed E-state index contributed by atoms with van der Waals surface area (Å²) in [5.74, 6) is 0.589. The average Bonchev–Trinajstić information content (AvgIpc) is 2.77. The van der Waals surface area contributed by atoms with Crippen molar-refractivity contribution in [1.82, 2.24) is 4.90 Å². The quantitative estimate of drug-likeness (QED) is 0.818. The zero-order chi connectivity index (χ0) is 15.5. The molecule has 1 fully saturated rings. The lowest BCUT2D eigenvalue weighted by Crippen LogP contribution is -2.39. The highest BCUT2D eigenvalue weighted by Gasteiger charge is 2.31. The summed E-state index contributed by atoms with van der Waals surface area (Å²) in [5.41, 5.74) is 7.19. The maximum Gasteiger partial charge on any atom is 0.225 e. The summed E-state index contributed by atoms with van der Waals surface area (Å²) in [6.07, 6.45) is 2.89. The molecule has 5 nitrogen and oxygen atoms in total. The molecule has 3 N–H and O–H groups in total. The Kier molecular flexibility index (Phi) is 4.73. The van der Waals surface area contributed by atoms with Crippen LogP contribution in [0.4, 0.5) is 11.4 Å². The number of amides is 1. The van der Waals surface area contributed by atoms with Crippen molar-refractivity contribution in [2.24, 2.45) is 0 Å². The van der Waals surface area contributed by atoms with E-state index in [9.17, 15) is 4.79 Å². The standard InChI is InChI=1S/C16H25N3O2/c1-16(2)8-4-9-19(16)10-7-15(20)18-13-6-5-12(17)11-14(13)21-3/h5-6,11H,4,7-10,17H2,1-3H3,(H,18,20). The van der Waals surface area contributed by atoms with E-state index in [1.54, 1.807) is 25.3 Å². The second-order valence-corrected chi connectivity index (χ2v) is 6.16. The molecule has 21 heavy (non-hydrogen) atoms. The number of nitrogen functional groups attached to an aromatic ring is 1. The molecule has 5 heteroatoms. The van der Waals surface area contributed by atoms with Crippen LogP contribution in [0, 0.1) is 0 Å². The topological polar surface area (TPSA) is 67.6 Å². The summed E-state index contributed by atoms with van der Waals surface area (Å²) in [7, 11) is 1.57. The third-order valence-corrected chi connectivity index (χ3v) is 4.18. The van der Waals surface area contributed by atoms with Crippen LogP contribution in [-0.2, 0) is 4.79 Å². The van der Waals surface area contributed by atoms with E-state index in [1.165, 1.54) is 12.8 Å². The van der Waals surface area contributed by atoms with Gasteiger partial charge in [0, 0.05) is 30.3 Å². The first-order valence-corrected chi connectivity index (χ1v) is 7.41. The highest BCUT2D eigenvalue weighted by Crippen LogP contribution is 2.29. The molecule has 1 aromatic rings. The van der Waals surface area contributed by atoms with Gasteiger partial charge in [0.15, 0.2) is 0 Å². The smallest absolute Gasteiger partial charge is 0.225 e. The van der Waals surface area contributed by atoms with Crippen LogP contribution in [0.1, 0.15) is 33.1 Å². The minimum Gasteiger partial charge on any atom is -0.494 e. The molecule has 0 bridgehead atoms. The molecule has 116 valence electrons. The molecule has 0 unspecified atom stereocenters. The van der Waals surface area contributed by atoms with Crippen molar-refractivity contribution in [3.8, 4) is 5.75 Å². The molecule has 1 aromatic carbocycles. The number of rotatable bonds is 5. The first-order valence-electron chi connectivity index (χ1n) is 7.41. The molecule has 0 aliphatic carbocycles. The van der Waals surface area contributed by atoms with Gasteiger partial charge in [0.05, 0.1) is 12.8 Å². The van der Waals surface area contributed by atoms with Crippen LogP contribution < -0.4 is 15.8 Å². The Morgan fingerprint density at radius 3 is 2.86 bits per heavy atom. The van der Waals surface area contributed by atoms with Gasteiger partial charge in [-0.1, -0.05) is 0 Å². The summed E-state index contributed by atoms with van der Waals surface area (Å²) in [6.45, 7) is 6.34. The third-order valence-electron chi connectivity index (χ3n) is 4.18. The van der Waals surface area contributed by atoms with E-state index in [-0.39, 0.29) is 11.4 Å². The van der Waals surface area contributed by atoms with Gasteiger partial charge in [-0.3, -0.25) is 9.69 Å². The van der Waals surface area contributed by atoms with Gasteiger partial charge in [-0.2, -0.15) is 0 Å². The highest BCUT2D eigenvalue weighted by molar-refractivity contribution is 5.92. The molecule has 1 aliphatic rings. The lowest BCUT2D eigenvalue weighted by molar-refractivity contribution is -0.116. The molecule has 1 aliphatic heterocycles. The van der Waals surface area contributed by atoms with Crippen LogP contribution in [-0.4, -0.2) is 36.5 Å². The molecule has 0 atom stereocenters.